The first kappa shape index (κ1) is 14.2. The van der Waals surface area contributed by atoms with Crippen molar-refractivity contribution in [1.82, 2.24) is 0 Å². The van der Waals surface area contributed by atoms with Crippen molar-refractivity contribution in [3.05, 3.63) is 68.7 Å². The highest BCUT2D eigenvalue weighted by atomic mass is 79.9. The van der Waals surface area contributed by atoms with Crippen molar-refractivity contribution in [2.45, 2.75) is 20.0 Å². The molecule has 0 radical (unpaired) electrons. The van der Waals surface area contributed by atoms with E-state index in [1.54, 1.807) is 6.07 Å². The highest BCUT2D eigenvalue weighted by Crippen LogP contribution is 2.30. The van der Waals surface area contributed by atoms with Crippen LogP contribution in [-0.2, 0) is 0 Å². The number of rotatable bonds is 2. The van der Waals surface area contributed by atoms with Gasteiger partial charge >= 0.3 is 0 Å². The molecule has 2 aromatic carbocycles. The fraction of sp³-hybridized carbons (Fsp3) is 0.200. The third-order valence-corrected chi connectivity index (χ3v) is 3.95. The maximum absolute atomic E-state index is 13.7. The summed E-state index contributed by atoms with van der Waals surface area (Å²) >= 11 is 3.40. The number of halogens is 3. The number of hydrogen-bond donors (Lipinski definition) is 1. The topological polar surface area (TPSA) is 20.2 Å². The average Bonchev–Trinajstić information content (AvgIpc) is 2.33. The van der Waals surface area contributed by atoms with Gasteiger partial charge in [-0.3, -0.25) is 0 Å². The van der Waals surface area contributed by atoms with Crippen molar-refractivity contribution in [2.24, 2.45) is 0 Å². The van der Waals surface area contributed by atoms with Crippen molar-refractivity contribution in [3.8, 4) is 0 Å². The molecule has 0 aromatic heterocycles. The zero-order chi connectivity index (χ0) is 14.2. The van der Waals surface area contributed by atoms with E-state index in [1.165, 1.54) is 6.07 Å². The van der Waals surface area contributed by atoms with Crippen LogP contribution in [-0.4, -0.2) is 5.11 Å². The molecule has 19 heavy (non-hydrogen) atoms. The minimum atomic E-state index is -1.10. The molecule has 0 fully saturated rings. The predicted octanol–water partition coefficient (Wildman–Crippen LogP) is 4.43. The summed E-state index contributed by atoms with van der Waals surface area (Å²) in [6.07, 6.45) is -1.10. The summed E-state index contributed by atoms with van der Waals surface area (Å²) < 4.78 is 27.5. The molecule has 2 rings (SSSR count). The first-order valence-electron chi connectivity index (χ1n) is 5.80. The quantitative estimate of drug-likeness (QED) is 0.865. The van der Waals surface area contributed by atoms with Crippen molar-refractivity contribution in [1.29, 1.82) is 0 Å². The molecule has 2 aromatic rings. The monoisotopic (exact) mass is 326 g/mol. The highest BCUT2D eigenvalue weighted by molar-refractivity contribution is 9.10. The lowest BCUT2D eigenvalue weighted by molar-refractivity contribution is 0.214. The maximum atomic E-state index is 13.7. The van der Waals surface area contributed by atoms with Crippen LogP contribution in [0.15, 0.2) is 34.8 Å². The van der Waals surface area contributed by atoms with Crippen LogP contribution in [0.1, 0.15) is 28.4 Å². The van der Waals surface area contributed by atoms with Crippen LogP contribution in [0.3, 0.4) is 0 Å². The maximum Gasteiger partial charge on any atom is 0.132 e. The second-order valence-corrected chi connectivity index (χ2v) is 5.38. The molecule has 0 aliphatic rings. The van der Waals surface area contributed by atoms with Crippen molar-refractivity contribution >= 4 is 15.9 Å². The van der Waals surface area contributed by atoms with Gasteiger partial charge in [0.15, 0.2) is 0 Å². The van der Waals surface area contributed by atoms with Crippen LogP contribution in [0.4, 0.5) is 8.78 Å². The Kier molecular flexibility index (Phi) is 4.02. The minimum absolute atomic E-state index is 0.0752. The molecule has 0 spiro atoms. The molecule has 0 aliphatic heterocycles. The Morgan fingerprint density at radius 2 is 1.68 bits per heavy atom. The van der Waals surface area contributed by atoms with Crippen LogP contribution >= 0.6 is 15.9 Å². The zero-order valence-electron chi connectivity index (χ0n) is 10.5. The first-order chi connectivity index (χ1) is 8.90. The van der Waals surface area contributed by atoms with Gasteiger partial charge in [0.25, 0.3) is 0 Å². The largest absolute Gasteiger partial charge is 0.384 e. The molecule has 1 atom stereocenters. The fourth-order valence-electron chi connectivity index (χ4n) is 1.99. The Hall–Kier alpha value is -1.26. The van der Waals surface area contributed by atoms with Gasteiger partial charge in [-0.05, 0) is 42.7 Å². The van der Waals surface area contributed by atoms with E-state index < -0.39 is 17.7 Å². The Labute approximate surface area is 119 Å². The van der Waals surface area contributed by atoms with Gasteiger partial charge in [0, 0.05) is 16.1 Å². The lowest BCUT2D eigenvalue weighted by Gasteiger charge is -2.16. The molecule has 1 nitrogen and oxygen atoms in total. The van der Waals surface area contributed by atoms with Gasteiger partial charge in [0.1, 0.15) is 17.7 Å². The summed E-state index contributed by atoms with van der Waals surface area (Å²) in [5.41, 5.74) is 2.48. The Balaban J connectivity index is 2.49. The molecule has 1 unspecified atom stereocenters. The van der Waals surface area contributed by atoms with E-state index in [4.69, 9.17) is 0 Å². The van der Waals surface area contributed by atoms with E-state index >= 15 is 0 Å². The van der Waals surface area contributed by atoms with E-state index in [2.05, 4.69) is 15.9 Å². The van der Waals surface area contributed by atoms with E-state index in [0.717, 1.165) is 27.7 Å². The van der Waals surface area contributed by atoms with Gasteiger partial charge in [-0.15, -0.1) is 0 Å². The standard InChI is InChI=1S/C15H13BrF2O/c1-8-6-13(16)9(2)5-12(8)15(19)11-4-3-10(17)7-14(11)18/h3-7,15,19H,1-2H3. The first-order valence-corrected chi connectivity index (χ1v) is 6.59. The van der Waals surface area contributed by atoms with E-state index in [-0.39, 0.29) is 5.56 Å². The van der Waals surface area contributed by atoms with E-state index in [0.29, 0.717) is 5.56 Å². The van der Waals surface area contributed by atoms with Crippen LogP contribution in [0.2, 0.25) is 0 Å². The summed E-state index contributed by atoms with van der Waals surface area (Å²) in [5, 5.41) is 10.3. The van der Waals surface area contributed by atoms with Crippen LogP contribution < -0.4 is 0 Å². The van der Waals surface area contributed by atoms with Gasteiger partial charge < -0.3 is 5.11 Å². The number of hydrogen-bond acceptors (Lipinski definition) is 1. The van der Waals surface area contributed by atoms with Crippen LogP contribution in [0.5, 0.6) is 0 Å². The third kappa shape index (κ3) is 2.85. The van der Waals surface area contributed by atoms with Gasteiger partial charge in [-0.1, -0.05) is 28.1 Å². The van der Waals surface area contributed by atoms with Gasteiger partial charge in [0.05, 0.1) is 0 Å². The Morgan fingerprint density at radius 3 is 2.32 bits per heavy atom. The molecular formula is C15H13BrF2O. The summed E-state index contributed by atoms with van der Waals surface area (Å²) in [5.74, 6) is -1.40. The second kappa shape index (κ2) is 5.39. The average molecular weight is 327 g/mol. The van der Waals surface area contributed by atoms with Crippen LogP contribution in [0, 0.1) is 25.5 Å². The fourth-order valence-corrected chi connectivity index (χ4v) is 2.45. The SMILES string of the molecule is Cc1cc(C(O)c2ccc(F)cc2F)c(C)cc1Br. The van der Waals surface area contributed by atoms with Crippen molar-refractivity contribution in [3.63, 3.8) is 0 Å². The van der Waals surface area contributed by atoms with Crippen molar-refractivity contribution in [2.75, 3.05) is 0 Å². The molecular weight excluding hydrogens is 314 g/mol. The molecule has 100 valence electrons. The van der Waals surface area contributed by atoms with Crippen molar-refractivity contribution < 1.29 is 13.9 Å². The predicted molar refractivity (Wildman–Crippen MR) is 74.0 cm³/mol. The number of aliphatic hydroxyl groups excluding tert-OH is 1. The highest BCUT2D eigenvalue weighted by Gasteiger charge is 2.18. The van der Waals surface area contributed by atoms with Crippen LogP contribution in [0.25, 0.3) is 0 Å². The van der Waals surface area contributed by atoms with Gasteiger partial charge in [0.2, 0.25) is 0 Å². The molecule has 0 heterocycles. The second-order valence-electron chi connectivity index (χ2n) is 4.53. The summed E-state index contributed by atoms with van der Waals surface area (Å²) in [6.45, 7) is 3.73. The lowest BCUT2D eigenvalue weighted by Crippen LogP contribution is -2.05. The molecule has 1 N–H and O–H groups in total. The Morgan fingerprint density at radius 1 is 1.00 bits per heavy atom. The third-order valence-electron chi connectivity index (χ3n) is 3.10. The molecule has 0 saturated heterocycles. The number of aryl methyl sites for hydroxylation is 2. The summed E-state index contributed by atoms with van der Waals surface area (Å²) in [6, 6.07) is 6.86. The van der Waals surface area contributed by atoms with E-state index in [9.17, 15) is 13.9 Å². The van der Waals surface area contributed by atoms with E-state index in [1.807, 2.05) is 19.9 Å². The molecule has 0 aliphatic carbocycles. The molecule has 4 heteroatoms. The van der Waals surface area contributed by atoms with Gasteiger partial charge in [-0.25, -0.2) is 8.78 Å². The number of aliphatic hydroxyl groups is 1. The summed E-state index contributed by atoms with van der Waals surface area (Å²) in [7, 11) is 0. The molecule has 0 amide bonds. The Bertz CT molecular complexity index is 626. The smallest absolute Gasteiger partial charge is 0.132 e. The van der Waals surface area contributed by atoms with Gasteiger partial charge in [-0.2, -0.15) is 0 Å². The summed E-state index contributed by atoms with van der Waals surface area (Å²) in [4.78, 5) is 0. The molecule has 0 saturated carbocycles. The minimum Gasteiger partial charge on any atom is -0.384 e. The normalized spacial score (nSPS) is 12.5. The number of benzene rings is 2. The lowest BCUT2D eigenvalue weighted by atomic mass is 9.95. The molecule has 0 bridgehead atoms. The zero-order valence-corrected chi connectivity index (χ0v) is 12.1.